The van der Waals surface area contributed by atoms with Gasteiger partial charge < -0.3 is 9.47 Å². The molecule has 0 aliphatic heterocycles. The summed E-state index contributed by atoms with van der Waals surface area (Å²) in [4.78, 5) is 11.8. The van der Waals surface area contributed by atoms with Crippen LogP contribution in [0.4, 0.5) is 0 Å². The molecule has 3 nitrogen and oxygen atoms in total. The molecular weight excluding hydrogens is 288 g/mol. The lowest BCUT2D eigenvalue weighted by atomic mass is 10.1. The number of benzene rings is 1. The number of hydrogen-bond donors (Lipinski definition) is 0. The third-order valence-corrected chi connectivity index (χ3v) is 3.70. The highest BCUT2D eigenvalue weighted by Gasteiger charge is 2.08. The van der Waals surface area contributed by atoms with Crippen LogP contribution in [0.5, 0.6) is 5.75 Å². The molecule has 0 N–H and O–H groups in total. The van der Waals surface area contributed by atoms with Gasteiger partial charge in [-0.1, -0.05) is 70.2 Å². The first-order valence-corrected chi connectivity index (χ1v) is 8.76. The van der Waals surface area contributed by atoms with Crippen molar-refractivity contribution in [1.29, 1.82) is 0 Å². The monoisotopic (exact) mass is 318 g/mol. The molecule has 0 aliphatic rings. The van der Waals surface area contributed by atoms with E-state index in [0.29, 0.717) is 12.2 Å². The van der Waals surface area contributed by atoms with Crippen molar-refractivity contribution in [2.24, 2.45) is 0 Å². The number of carbonyl (C=O) groups is 1. The van der Waals surface area contributed by atoms with Crippen LogP contribution in [-0.2, 0) is 9.53 Å². The second kappa shape index (κ2) is 12.7. The molecule has 23 heavy (non-hydrogen) atoms. The topological polar surface area (TPSA) is 35.5 Å². The van der Waals surface area contributed by atoms with Gasteiger partial charge in [-0.3, -0.25) is 0 Å². The predicted molar refractivity (Wildman–Crippen MR) is 94.6 cm³/mol. The second-order valence-corrected chi connectivity index (χ2v) is 5.77. The average Bonchev–Trinajstić information content (AvgIpc) is 2.58. The summed E-state index contributed by atoms with van der Waals surface area (Å²) in [5.41, 5.74) is 0.568. The molecule has 1 aromatic carbocycles. The summed E-state index contributed by atoms with van der Waals surface area (Å²) < 4.78 is 10.6. The Kier molecular flexibility index (Phi) is 10.7. The highest BCUT2D eigenvalue weighted by molar-refractivity contribution is 5.87. The number of rotatable bonds is 13. The fourth-order valence-corrected chi connectivity index (χ4v) is 2.31. The average molecular weight is 318 g/mol. The first-order chi connectivity index (χ1) is 11.2. The Morgan fingerprint density at radius 2 is 1.61 bits per heavy atom. The quantitative estimate of drug-likeness (QED) is 0.281. The SMILES string of the molecule is C=C(CCCCCCCCC)C(=O)OCCOc1ccccc1. The Labute approximate surface area is 140 Å². The minimum Gasteiger partial charge on any atom is -0.490 e. The highest BCUT2D eigenvalue weighted by Crippen LogP contribution is 2.12. The van der Waals surface area contributed by atoms with Crippen LogP contribution < -0.4 is 4.74 Å². The Hall–Kier alpha value is -1.77. The van der Waals surface area contributed by atoms with Crippen LogP contribution in [0, 0.1) is 0 Å². The first kappa shape index (κ1) is 19.3. The lowest BCUT2D eigenvalue weighted by Crippen LogP contribution is -2.13. The van der Waals surface area contributed by atoms with Gasteiger partial charge in [0.1, 0.15) is 19.0 Å². The number of ether oxygens (including phenoxy) is 2. The number of para-hydroxylation sites is 1. The van der Waals surface area contributed by atoms with Gasteiger partial charge in [0.15, 0.2) is 0 Å². The van der Waals surface area contributed by atoms with Crippen molar-refractivity contribution in [3.8, 4) is 5.75 Å². The molecule has 3 heteroatoms. The van der Waals surface area contributed by atoms with Gasteiger partial charge in [0, 0.05) is 5.57 Å². The maximum Gasteiger partial charge on any atom is 0.333 e. The van der Waals surface area contributed by atoms with Crippen molar-refractivity contribution in [2.45, 2.75) is 58.3 Å². The third-order valence-electron chi connectivity index (χ3n) is 3.70. The molecule has 128 valence electrons. The van der Waals surface area contributed by atoms with Gasteiger partial charge >= 0.3 is 5.97 Å². The van der Waals surface area contributed by atoms with E-state index in [9.17, 15) is 4.79 Å². The smallest absolute Gasteiger partial charge is 0.333 e. The molecule has 0 amide bonds. The van der Waals surface area contributed by atoms with Gasteiger partial charge in [-0.2, -0.15) is 0 Å². The molecule has 0 saturated carbocycles. The van der Waals surface area contributed by atoms with Crippen molar-refractivity contribution in [1.82, 2.24) is 0 Å². The Morgan fingerprint density at radius 3 is 2.30 bits per heavy atom. The van der Waals surface area contributed by atoms with Crippen LogP contribution in [-0.4, -0.2) is 19.2 Å². The van der Waals surface area contributed by atoms with E-state index in [1.807, 2.05) is 30.3 Å². The van der Waals surface area contributed by atoms with Crippen molar-refractivity contribution in [3.63, 3.8) is 0 Å². The van der Waals surface area contributed by atoms with E-state index in [-0.39, 0.29) is 12.6 Å². The summed E-state index contributed by atoms with van der Waals surface area (Å²) in [6.45, 7) is 6.66. The summed E-state index contributed by atoms with van der Waals surface area (Å²) in [5.74, 6) is 0.484. The molecule has 0 fully saturated rings. The van der Waals surface area contributed by atoms with Crippen LogP contribution in [0.2, 0.25) is 0 Å². The lowest BCUT2D eigenvalue weighted by molar-refractivity contribution is -0.139. The summed E-state index contributed by atoms with van der Waals surface area (Å²) in [5, 5.41) is 0. The van der Waals surface area contributed by atoms with Gasteiger partial charge in [-0.05, 0) is 25.0 Å². The molecule has 0 aliphatic carbocycles. The second-order valence-electron chi connectivity index (χ2n) is 5.77. The highest BCUT2D eigenvalue weighted by atomic mass is 16.6. The minimum absolute atomic E-state index is 0.254. The molecular formula is C20H30O3. The minimum atomic E-state index is -0.298. The molecule has 1 rings (SSSR count). The molecule has 0 radical (unpaired) electrons. The fourth-order valence-electron chi connectivity index (χ4n) is 2.31. The number of esters is 1. The van der Waals surface area contributed by atoms with Crippen molar-refractivity contribution >= 4 is 5.97 Å². The Bertz CT molecular complexity index is 439. The van der Waals surface area contributed by atoms with Gasteiger partial charge in [0.2, 0.25) is 0 Å². The predicted octanol–water partition coefficient (Wildman–Crippen LogP) is 5.31. The summed E-state index contributed by atoms with van der Waals surface area (Å²) in [7, 11) is 0. The standard InChI is InChI=1S/C20H30O3/c1-3-4-5-6-7-8-10-13-18(2)20(21)23-17-16-22-19-14-11-9-12-15-19/h9,11-12,14-15H,2-8,10,13,16-17H2,1H3. The first-order valence-electron chi connectivity index (χ1n) is 8.76. The molecule has 0 saturated heterocycles. The largest absolute Gasteiger partial charge is 0.490 e. The molecule has 0 atom stereocenters. The van der Waals surface area contributed by atoms with Crippen molar-refractivity contribution in [2.75, 3.05) is 13.2 Å². The molecule has 1 aromatic rings. The van der Waals surface area contributed by atoms with Crippen molar-refractivity contribution in [3.05, 3.63) is 42.5 Å². The van der Waals surface area contributed by atoms with Crippen LogP contribution in [0.3, 0.4) is 0 Å². The molecule has 0 heterocycles. The van der Waals surface area contributed by atoms with Gasteiger partial charge in [-0.25, -0.2) is 4.79 Å². The number of unbranched alkanes of at least 4 members (excludes halogenated alkanes) is 6. The number of carbonyl (C=O) groups excluding carboxylic acids is 1. The lowest BCUT2D eigenvalue weighted by Gasteiger charge is -2.08. The number of hydrogen-bond acceptors (Lipinski definition) is 3. The molecule has 0 spiro atoms. The maximum absolute atomic E-state index is 11.8. The van der Waals surface area contributed by atoms with E-state index in [4.69, 9.17) is 9.47 Å². The summed E-state index contributed by atoms with van der Waals surface area (Å²) >= 11 is 0. The van der Waals surface area contributed by atoms with E-state index < -0.39 is 0 Å². The third kappa shape index (κ3) is 9.77. The van der Waals surface area contributed by atoms with Crippen LogP contribution in [0.25, 0.3) is 0 Å². The molecule has 0 aromatic heterocycles. The van der Waals surface area contributed by atoms with E-state index >= 15 is 0 Å². The zero-order valence-electron chi connectivity index (χ0n) is 14.4. The van der Waals surface area contributed by atoms with Crippen LogP contribution >= 0.6 is 0 Å². The van der Waals surface area contributed by atoms with E-state index in [2.05, 4.69) is 13.5 Å². The summed E-state index contributed by atoms with van der Waals surface area (Å²) in [6.07, 6.45) is 9.36. The zero-order valence-corrected chi connectivity index (χ0v) is 14.4. The zero-order chi connectivity index (χ0) is 16.8. The Balaban J connectivity index is 2.00. The van der Waals surface area contributed by atoms with E-state index in [1.165, 1.54) is 32.1 Å². The van der Waals surface area contributed by atoms with Gasteiger partial charge in [0.05, 0.1) is 0 Å². The van der Waals surface area contributed by atoms with Gasteiger partial charge in [0.25, 0.3) is 0 Å². The van der Waals surface area contributed by atoms with Gasteiger partial charge in [-0.15, -0.1) is 0 Å². The molecule has 0 unspecified atom stereocenters. The van der Waals surface area contributed by atoms with Crippen molar-refractivity contribution < 1.29 is 14.3 Å². The fraction of sp³-hybridized carbons (Fsp3) is 0.550. The van der Waals surface area contributed by atoms with E-state index in [1.54, 1.807) is 0 Å². The maximum atomic E-state index is 11.8. The van der Waals surface area contributed by atoms with Crippen LogP contribution in [0.15, 0.2) is 42.5 Å². The normalized spacial score (nSPS) is 10.3. The summed E-state index contributed by atoms with van der Waals surface area (Å²) in [6, 6.07) is 9.50. The van der Waals surface area contributed by atoms with Crippen LogP contribution in [0.1, 0.15) is 58.3 Å². The van der Waals surface area contributed by atoms with E-state index in [0.717, 1.165) is 25.0 Å². The Morgan fingerprint density at radius 1 is 0.957 bits per heavy atom. The molecule has 0 bridgehead atoms.